The Labute approximate surface area is 194 Å². The van der Waals surface area contributed by atoms with Crippen molar-refractivity contribution in [2.45, 2.75) is 25.8 Å². The summed E-state index contributed by atoms with van der Waals surface area (Å²) in [6.07, 6.45) is 4.21. The number of carbonyl (C=O) groups excluding carboxylic acids is 2. The van der Waals surface area contributed by atoms with Crippen LogP contribution in [0.25, 0.3) is 11.1 Å². The molecule has 1 atom stereocenters. The Morgan fingerprint density at radius 1 is 1.06 bits per heavy atom. The van der Waals surface area contributed by atoms with Gasteiger partial charge in [-0.2, -0.15) is 0 Å². The minimum Gasteiger partial charge on any atom is -0.496 e. The number of aromatic nitrogens is 1. The van der Waals surface area contributed by atoms with Crippen molar-refractivity contribution in [3.05, 3.63) is 83.7 Å². The van der Waals surface area contributed by atoms with E-state index in [1.807, 2.05) is 55.5 Å². The van der Waals surface area contributed by atoms with Crippen molar-refractivity contribution in [2.75, 3.05) is 27.2 Å². The number of amides is 2. The molecule has 0 aliphatic carbocycles. The smallest absolute Gasteiger partial charge is 0.245 e. The monoisotopic (exact) mass is 443 g/mol. The van der Waals surface area contributed by atoms with Crippen LogP contribution in [0.2, 0.25) is 0 Å². The summed E-state index contributed by atoms with van der Waals surface area (Å²) in [5, 5.41) is 0. The molecule has 0 radical (unpaired) electrons. The molecule has 0 N–H and O–H groups in total. The number of benzene rings is 2. The first-order valence-corrected chi connectivity index (χ1v) is 11.1. The van der Waals surface area contributed by atoms with Crippen molar-refractivity contribution in [1.82, 2.24) is 14.8 Å². The average molecular weight is 444 g/mol. The number of likely N-dealkylation sites (N-methyl/N-ethyl adjacent to an activating group) is 1. The first-order valence-electron chi connectivity index (χ1n) is 11.1. The van der Waals surface area contributed by atoms with Gasteiger partial charge in [-0.15, -0.1) is 0 Å². The van der Waals surface area contributed by atoms with Gasteiger partial charge in [0.2, 0.25) is 11.8 Å². The summed E-state index contributed by atoms with van der Waals surface area (Å²) in [6.45, 7) is 3.04. The minimum atomic E-state index is -0.528. The number of nitrogens with zero attached hydrogens (tertiary/aromatic N) is 3. The predicted octanol–water partition coefficient (Wildman–Crippen LogP) is 3.52. The summed E-state index contributed by atoms with van der Waals surface area (Å²) in [5.74, 6) is 0.603. The molecule has 1 saturated heterocycles. The van der Waals surface area contributed by atoms with Gasteiger partial charge >= 0.3 is 0 Å². The Hall–Kier alpha value is -3.67. The maximum Gasteiger partial charge on any atom is 0.245 e. The number of aryl methyl sites for hydroxylation is 1. The van der Waals surface area contributed by atoms with Gasteiger partial charge in [-0.1, -0.05) is 42.0 Å². The standard InChI is InChI=1S/C27H29N3O3/c1-19-7-8-25(33-3)23(15-19)18-26(31)30-14-13-29(2)27(32)24(30)17-20-5-4-6-22(16-20)21-9-11-28-12-10-21/h4-12,15-16,24H,13-14,17-18H2,1-3H3. The highest BCUT2D eigenvalue weighted by Crippen LogP contribution is 2.25. The number of piperazine rings is 1. The van der Waals surface area contributed by atoms with E-state index in [0.717, 1.165) is 27.8 Å². The van der Waals surface area contributed by atoms with E-state index in [0.29, 0.717) is 25.3 Å². The molecule has 1 fully saturated rings. The highest BCUT2D eigenvalue weighted by atomic mass is 16.5. The highest BCUT2D eigenvalue weighted by molar-refractivity contribution is 5.90. The molecule has 4 rings (SSSR count). The van der Waals surface area contributed by atoms with Crippen LogP contribution in [0.4, 0.5) is 0 Å². The number of pyridine rings is 1. The maximum absolute atomic E-state index is 13.4. The van der Waals surface area contributed by atoms with Crippen LogP contribution < -0.4 is 4.74 Å². The van der Waals surface area contributed by atoms with Crippen molar-refractivity contribution >= 4 is 11.8 Å². The molecule has 2 heterocycles. The zero-order valence-electron chi connectivity index (χ0n) is 19.3. The molecule has 33 heavy (non-hydrogen) atoms. The second-order valence-electron chi connectivity index (χ2n) is 8.50. The van der Waals surface area contributed by atoms with Crippen LogP contribution in [-0.4, -0.2) is 59.9 Å². The molecule has 1 unspecified atom stereocenters. The molecule has 170 valence electrons. The van der Waals surface area contributed by atoms with Gasteiger partial charge < -0.3 is 14.5 Å². The van der Waals surface area contributed by atoms with Crippen LogP contribution >= 0.6 is 0 Å². The van der Waals surface area contributed by atoms with Gasteiger partial charge in [0.15, 0.2) is 0 Å². The third kappa shape index (κ3) is 5.06. The van der Waals surface area contributed by atoms with Gasteiger partial charge in [-0.25, -0.2) is 0 Å². The molecule has 0 saturated carbocycles. The number of rotatable bonds is 6. The molecule has 1 aliphatic rings. The summed E-state index contributed by atoms with van der Waals surface area (Å²) in [6, 6.07) is 17.4. The molecule has 2 aromatic carbocycles. The maximum atomic E-state index is 13.4. The number of hydrogen-bond acceptors (Lipinski definition) is 4. The number of hydrogen-bond donors (Lipinski definition) is 0. The summed E-state index contributed by atoms with van der Waals surface area (Å²) >= 11 is 0. The molecule has 6 nitrogen and oxygen atoms in total. The van der Waals surface area contributed by atoms with Gasteiger partial charge in [0.05, 0.1) is 13.5 Å². The van der Waals surface area contributed by atoms with E-state index < -0.39 is 6.04 Å². The number of carbonyl (C=O) groups is 2. The van der Waals surface area contributed by atoms with Gasteiger partial charge in [0, 0.05) is 44.5 Å². The fraction of sp³-hybridized carbons (Fsp3) is 0.296. The third-order valence-corrected chi connectivity index (χ3v) is 6.18. The van der Waals surface area contributed by atoms with E-state index in [1.165, 1.54) is 0 Å². The molecular formula is C27H29N3O3. The first-order chi connectivity index (χ1) is 16.0. The minimum absolute atomic E-state index is 0.0277. The van der Waals surface area contributed by atoms with Gasteiger partial charge in [0.1, 0.15) is 11.8 Å². The lowest BCUT2D eigenvalue weighted by Gasteiger charge is -2.39. The number of ether oxygens (including phenoxy) is 1. The molecule has 3 aromatic rings. The van der Waals surface area contributed by atoms with Crippen LogP contribution in [0, 0.1) is 6.92 Å². The molecule has 1 aromatic heterocycles. The lowest BCUT2D eigenvalue weighted by Crippen LogP contribution is -2.58. The Morgan fingerprint density at radius 3 is 2.61 bits per heavy atom. The number of methoxy groups -OCH3 is 1. The van der Waals surface area contributed by atoms with E-state index in [1.54, 1.807) is 36.4 Å². The molecule has 1 aliphatic heterocycles. The van der Waals surface area contributed by atoms with Crippen LogP contribution in [0.5, 0.6) is 5.75 Å². The molecule has 0 bridgehead atoms. The second-order valence-corrected chi connectivity index (χ2v) is 8.50. The van der Waals surface area contributed by atoms with E-state index in [4.69, 9.17) is 4.74 Å². The fourth-order valence-corrected chi connectivity index (χ4v) is 4.36. The van der Waals surface area contributed by atoms with E-state index in [-0.39, 0.29) is 18.2 Å². The molecule has 6 heteroatoms. The van der Waals surface area contributed by atoms with E-state index in [9.17, 15) is 9.59 Å². The topological polar surface area (TPSA) is 62.7 Å². The summed E-state index contributed by atoms with van der Waals surface area (Å²) < 4.78 is 5.45. The van der Waals surface area contributed by atoms with Gasteiger partial charge in [0.25, 0.3) is 0 Å². The van der Waals surface area contributed by atoms with Crippen LogP contribution in [-0.2, 0) is 22.4 Å². The van der Waals surface area contributed by atoms with Crippen LogP contribution in [0.1, 0.15) is 16.7 Å². The van der Waals surface area contributed by atoms with Crippen LogP contribution in [0.15, 0.2) is 67.0 Å². The normalized spacial score (nSPS) is 16.1. The first kappa shape index (κ1) is 22.5. The molecule has 0 spiro atoms. The largest absolute Gasteiger partial charge is 0.496 e. The molecular weight excluding hydrogens is 414 g/mol. The lowest BCUT2D eigenvalue weighted by atomic mass is 9.97. The summed E-state index contributed by atoms with van der Waals surface area (Å²) in [5.41, 5.74) is 5.06. The van der Waals surface area contributed by atoms with Crippen molar-refractivity contribution in [1.29, 1.82) is 0 Å². The predicted molar refractivity (Wildman–Crippen MR) is 128 cm³/mol. The molecule has 2 amide bonds. The van der Waals surface area contributed by atoms with E-state index in [2.05, 4.69) is 11.1 Å². The quantitative estimate of drug-likeness (QED) is 0.585. The van der Waals surface area contributed by atoms with Gasteiger partial charge in [-0.3, -0.25) is 14.6 Å². The Balaban J connectivity index is 1.58. The van der Waals surface area contributed by atoms with Gasteiger partial charge in [-0.05, 0) is 41.8 Å². The Bertz CT molecular complexity index is 1150. The zero-order chi connectivity index (χ0) is 23.4. The SMILES string of the molecule is COc1ccc(C)cc1CC(=O)N1CCN(C)C(=O)C1Cc1cccc(-c2ccncc2)c1. The summed E-state index contributed by atoms with van der Waals surface area (Å²) in [4.78, 5) is 34.0. The zero-order valence-corrected chi connectivity index (χ0v) is 19.3. The van der Waals surface area contributed by atoms with Crippen molar-refractivity contribution in [3.63, 3.8) is 0 Å². The highest BCUT2D eigenvalue weighted by Gasteiger charge is 2.36. The van der Waals surface area contributed by atoms with Crippen LogP contribution in [0.3, 0.4) is 0 Å². The third-order valence-electron chi connectivity index (χ3n) is 6.18. The Kier molecular flexibility index (Phi) is 6.73. The Morgan fingerprint density at radius 2 is 1.85 bits per heavy atom. The second kappa shape index (κ2) is 9.86. The fourth-order valence-electron chi connectivity index (χ4n) is 4.36. The van der Waals surface area contributed by atoms with Crippen molar-refractivity contribution in [2.24, 2.45) is 0 Å². The van der Waals surface area contributed by atoms with Crippen molar-refractivity contribution < 1.29 is 14.3 Å². The van der Waals surface area contributed by atoms with E-state index >= 15 is 0 Å². The lowest BCUT2D eigenvalue weighted by molar-refractivity contribution is -0.149. The van der Waals surface area contributed by atoms with Crippen molar-refractivity contribution in [3.8, 4) is 16.9 Å². The summed E-state index contributed by atoms with van der Waals surface area (Å²) in [7, 11) is 3.41. The average Bonchev–Trinajstić information content (AvgIpc) is 2.83.